The lowest BCUT2D eigenvalue weighted by Gasteiger charge is -2.36. The highest BCUT2D eigenvalue weighted by Gasteiger charge is 2.38. The Morgan fingerprint density at radius 1 is 1.25 bits per heavy atom. The van der Waals surface area contributed by atoms with Crippen molar-refractivity contribution in [3.05, 3.63) is 40.6 Å². The molecule has 0 spiro atoms. The molecule has 2 saturated heterocycles. The zero-order valence-electron chi connectivity index (χ0n) is 17.6. The number of nitrogens with one attached hydrogen (secondary N) is 1. The van der Waals surface area contributed by atoms with Crippen molar-refractivity contribution < 1.29 is 9.53 Å². The van der Waals surface area contributed by atoms with Gasteiger partial charge in [-0.15, -0.1) is 0 Å². The molecular formula is C23H31N3O2. The van der Waals surface area contributed by atoms with Gasteiger partial charge in [-0.1, -0.05) is 25.5 Å². The third-order valence-electron chi connectivity index (χ3n) is 6.38. The number of nitrogens with zero attached hydrogens (tertiary/aromatic N) is 2. The van der Waals surface area contributed by atoms with Gasteiger partial charge in [-0.05, 0) is 50.8 Å². The van der Waals surface area contributed by atoms with Gasteiger partial charge in [0, 0.05) is 36.3 Å². The highest BCUT2D eigenvalue weighted by molar-refractivity contribution is 6.07. The first-order valence-corrected chi connectivity index (χ1v) is 10.4. The molecular weight excluding hydrogens is 350 g/mol. The number of fused-ring (bicyclic) bond motifs is 2. The number of aryl methyl sites for hydroxylation is 2. The van der Waals surface area contributed by atoms with Gasteiger partial charge in [0.1, 0.15) is 0 Å². The highest BCUT2D eigenvalue weighted by Crippen LogP contribution is 2.28. The van der Waals surface area contributed by atoms with E-state index in [4.69, 9.17) is 4.74 Å². The quantitative estimate of drug-likeness (QED) is 0.885. The maximum Gasteiger partial charge on any atom is 0.252 e. The van der Waals surface area contributed by atoms with Gasteiger partial charge < -0.3 is 10.1 Å². The summed E-state index contributed by atoms with van der Waals surface area (Å²) >= 11 is 0. The van der Waals surface area contributed by atoms with Gasteiger partial charge in [0.25, 0.3) is 5.91 Å². The van der Waals surface area contributed by atoms with Crippen LogP contribution in [0.4, 0.5) is 0 Å². The van der Waals surface area contributed by atoms with E-state index in [0.29, 0.717) is 18.1 Å². The molecule has 150 valence electrons. The van der Waals surface area contributed by atoms with E-state index in [0.717, 1.165) is 59.4 Å². The molecule has 3 heterocycles. The molecule has 2 aliphatic heterocycles. The van der Waals surface area contributed by atoms with Gasteiger partial charge in [0.05, 0.1) is 23.8 Å². The summed E-state index contributed by atoms with van der Waals surface area (Å²) < 4.78 is 6.03. The molecule has 5 nitrogen and oxygen atoms in total. The highest BCUT2D eigenvalue weighted by atomic mass is 16.5. The number of ether oxygens (including phenoxy) is 1. The normalized spacial score (nSPS) is 25.3. The maximum absolute atomic E-state index is 13.3. The van der Waals surface area contributed by atoms with Gasteiger partial charge in [-0.2, -0.15) is 0 Å². The van der Waals surface area contributed by atoms with Crippen molar-refractivity contribution in [2.45, 2.75) is 59.2 Å². The van der Waals surface area contributed by atoms with Crippen molar-refractivity contribution in [1.29, 1.82) is 0 Å². The number of carbonyl (C=O) groups excluding carboxylic acids is 1. The minimum absolute atomic E-state index is 0.0183. The molecule has 1 amide bonds. The fraction of sp³-hybridized carbons (Fsp3) is 0.565. The molecule has 28 heavy (non-hydrogen) atoms. The zero-order valence-corrected chi connectivity index (χ0v) is 17.6. The Kier molecular flexibility index (Phi) is 5.15. The molecule has 1 aromatic heterocycles. The Balaban J connectivity index is 1.55. The second-order valence-electron chi connectivity index (χ2n) is 8.85. The molecule has 4 rings (SSSR count). The fourth-order valence-electron chi connectivity index (χ4n) is 4.55. The molecule has 3 atom stereocenters. The smallest absolute Gasteiger partial charge is 0.252 e. The molecule has 0 radical (unpaired) electrons. The molecule has 5 heteroatoms. The number of pyridine rings is 1. The van der Waals surface area contributed by atoms with E-state index in [9.17, 15) is 4.79 Å². The van der Waals surface area contributed by atoms with E-state index in [1.54, 1.807) is 0 Å². The monoisotopic (exact) mass is 381 g/mol. The first kappa shape index (κ1) is 19.3. The van der Waals surface area contributed by atoms with E-state index >= 15 is 0 Å². The minimum atomic E-state index is 0.0183. The number of hydrogen-bond acceptors (Lipinski definition) is 4. The molecule has 2 aromatic rings. The molecule has 0 bridgehead atoms. The Morgan fingerprint density at radius 3 is 2.79 bits per heavy atom. The average molecular weight is 382 g/mol. The van der Waals surface area contributed by atoms with Crippen molar-refractivity contribution in [2.24, 2.45) is 5.92 Å². The summed E-state index contributed by atoms with van der Waals surface area (Å²) in [5.74, 6) is 0.538. The summed E-state index contributed by atoms with van der Waals surface area (Å²) in [6.07, 6.45) is 1.25. The van der Waals surface area contributed by atoms with Crippen molar-refractivity contribution >= 4 is 16.8 Å². The largest absolute Gasteiger partial charge is 0.375 e. The summed E-state index contributed by atoms with van der Waals surface area (Å²) in [6.45, 7) is 13.1. The minimum Gasteiger partial charge on any atom is -0.375 e. The lowest BCUT2D eigenvalue weighted by Crippen LogP contribution is -2.48. The topological polar surface area (TPSA) is 54.5 Å². The van der Waals surface area contributed by atoms with E-state index < -0.39 is 0 Å². The van der Waals surface area contributed by atoms with Gasteiger partial charge in [0.15, 0.2) is 0 Å². The SMILES string of the molecule is Cc1ccc2nc(C)c(C)c(C(=O)N[C@@H]3C[C@H]4CO[C@H](C(C)C)CN4C3)c2c1. The first-order valence-electron chi connectivity index (χ1n) is 10.4. The summed E-state index contributed by atoms with van der Waals surface area (Å²) in [5.41, 5.74) is 4.68. The van der Waals surface area contributed by atoms with Crippen LogP contribution in [0.2, 0.25) is 0 Å². The first-order chi connectivity index (χ1) is 13.3. The Labute approximate surface area is 167 Å². The van der Waals surface area contributed by atoms with Crippen molar-refractivity contribution in [3.8, 4) is 0 Å². The number of benzene rings is 1. The third-order valence-corrected chi connectivity index (χ3v) is 6.38. The van der Waals surface area contributed by atoms with Crippen LogP contribution < -0.4 is 5.32 Å². The summed E-state index contributed by atoms with van der Waals surface area (Å²) in [7, 11) is 0. The third kappa shape index (κ3) is 3.53. The van der Waals surface area contributed by atoms with E-state index in [1.165, 1.54) is 0 Å². The van der Waals surface area contributed by atoms with Crippen LogP contribution in [0, 0.1) is 26.7 Å². The van der Waals surface area contributed by atoms with Gasteiger partial charge >= 0.3 is 0 Å². The van der Waals surface area contributed by atoms with Gasteiger partial charge in [-0.25, -0.2) is 0 Å². The summed E-state index contributed by atoms with van der Waals surface area (Å²) in [5, 5.41) is 4.26. The van der Waals surface area contributed by atoms with Gasteiger partial charge in [-0.3, -0.25) is 14.7 Å². The molecule has 1 N–H and O–H groups in total. The fourth-order valence-corrected chi connectivity index (χ4v) is 4.55. The Bertz CT molecular complexity index is 908. The number of rotatable bonds is 3. The number of carbonyl (C=O) groups is 1. The Hall–Kier alpha value is -1.98. The second kappa shape index (κ2) is 7.45. The molecule has 0 unspecified atom stereocenters. The number of amides is 1. The van der Waals surface area contributed by atoms with E-state index in [-0.39, 0.29) is 11.9 Å². The molecule has 0 saturated carbocycles. The van der Waals surface area contributed by atoms with Crippen LogP contribution in [0.15, 0.2) is 18.2 Å². The van der Waals surface area contributed by atoms with Crippen LogP contribution in [-0.4, -0.2) is 53.7 Å². The van der Waals surface area contributed by atoms with Crippen LogP contribution in [0.25, 0.3) is 10.9 Å². The van der Waals surface area contributed by atoms with Crippen molar-refractivity contribution in [1.82, 2.24) is 15.2 Å². The Morgan fingerprint density at radius 2 is 2.04 bits per heavy atom. The van der Waals surface area contributed by atoms with Crippen LogP contribution in [0.1, 0.15) is 47.4 Å². The molecule has 2 aliphatic rings. The van der Waals surface area contributed by atoms with E-state index in [1.807, 2.05) is 26.0 Å². The van der Waals surface area contributed by atoms with Crippen LogP contribution in [0.3, 0.4) is 0 Å². The van der Waals surface area contributed by atoms with Crippen molar-refractivity contribution in [3.63, 3.8) is 0 Å². The predicted molar refractivity (Wildman–Crippen MR) is 112 cm³/mol. The molecule has 2 fully saturated rings. The van der Waals surface area contributed by atoms with Gasteiger partial charge in [0.2, 0.25) is 0 Å². The van der Waals surface area contributed by atoms with Crippen molar-refractivity contribution in [2.75, 3.05) is 19.7 Å². The number of aromatic nitrogens is 1. The number of morpholine rings is 1. The lowest BCUT2D eigenvalue weighted by atomic mass is 9.99. The van der Waals surface area contributed by atoms with Crippen LogP contribution in [-0.2, 0) is 4.74 Å². The number of hydrogen-bond donors (Lipinski definition) is 1. The maximum atomic E-state index is 13.3. The second-order valence-corrected chi connectivity index (χ2v) is 8.85. The van der Waals surface area contributed by atoms with Crippen LogP contribution >= 0.6 is 0 Å². The standard InChI is InChI=1S/C23H31N3O2/c1-13(2)21-11-26-10-17(9-18(26)12-28-21)25-23(27)22-15(4)16(5)24-20-7-6-14(3)8-19(20)22/h6-8,13,17-18,21H,9-12H2,1-5H3,(H,25,27)/t17-,18+,21+/m1/s1. The van der Waals surface area contributed by atoms with Crippen LogP contribution in [0.5, 0.6) is 0 Å². The lowest BCUT2D eigenvalue weighted by molar-refractivity contribution is -0.0683. The summed E-state index contributed by atoms with van der Waals surface area (Å²) in [4.78, 5) is 20.5. The van der Waals surface area contributed by atoms with E-state index in [2.05, 4.69) is 42.0 Å². The summed E-state index contributed by atoms with van der Waals surface area (Å²) in [6, 6.07) is 6.71. The molecule has 1 aromatic carbocycles. The average Bonchev–Trinajstić information content (AvgIpc) is 3.04. The predicted octanol–water partition coefficient (Wildman–Crippen LogP) is 3.39. The zero-order chi connectivity index (χ0) is 20.0. The molecule has 0 aliphatic carbocycles.